The van der Waals surface area contributed by atoms with Crippen LogP contribution in [-0.4, -0.2) is 23.6 Å². The molecular formula is C18H17FN2O2S. The van der Waals surface area contributed by atoms with Gasteiger partial charge in [0.1, 0.15) is 12.4 Å². The third kappa shape index (κ3) is 3.76. The van der Waals surface area contributed by atoms with Crippen LogP contribution in [0.25, 0.3) is 0 Å². The number of nitrogens with zero attached hydrogens (tertiary/aromatic N) is 1. The first-order valence-corrected chi connectivity index (χ1v) is 8.52. The summed E-state index contributed by atoms with van der Waals surface area (Å²) >= 11 is 1.64. The first-order valence-electron chi connectivity index (χ1n) is 7.64. The van der Waals surface area contributed by atoms with Crippen molar-refractivity contribution in [3.05, 3.63) is 54.3 Å². The number of hydrogen-bond acceptors (Lipinski definition) is 3. The number of para-hydroxylation sites is 1. The molecule has 3 rings (SSSR count). The summed E-state index contributed by atoms with van der Waals surface area (Å²) in [6.45, 7) is 1.93. The lowest BCUT2D eigenvalue weighted by Crippen LogP contribution is -2.38. The van der Waals surface area contributed by atoms with E-state index in [1.165, 1.54) is 29.2 Å². The van der Waals surface area contributed by atoms with Gasteiger partial charge in [0.15, 0.2) is 0 Å². The van der Waals surface area contributed by atoms with Gasteiger partial charge >= 0.3 is 0 Å². The van der Waals surface area contributed by atoms with E-state index in [0.29, 0.717) is 12.1 Å². The Bertz CT molecular complexity index is 764. The van der Waals surface area contributed by atoms with Gasteiger partial charge in [-0.2, -0.15) is 0 Å². The maximum atomic E-state index is 12.9. The second kappa shape index (κ2) is 7.05. The number of fused-ring (bicyclic) bond motifs is 1. The fourth-order valence-electron chi connectivity index (χ4n) is 2.58. The summed E-state index contributed by atoms with van der Waals surface area (Å²) in [6.07, 6.45) is 0.378. The highest BCUT2D eigenvalue weighted by Gasteiger charge is 2.27. The Hall–Kier alpha value is -2.34. The van der Waals surface area contributed by atoms with E-state index in [1.54, 1.807) is 11.8 Å². The molecule has 1 heterocycles. The van der Waals surface area contributed by atoms with E-state index in [1.807, 2.05) is 31.2 Å². The number of benzene rings is 2. The average Bonchev–Trinajstić information content (AvgIpc) is 2.66. The van der Waals surface area contributed by atoms with Crippen LogP contribution in [-0.2, 0) is 9.59 Å². The van der Waals surface area contributed by atoms with Gasteiger partial charge in [0.05, 0.1) is 5.69 Å². The molecule has 6 heteroatoms. The molecule has 2 aromatic rings. The number of amides is 2. The minimum atomic E-state index is -0.365. The molecule has 1 aliphatic rings. The van der Waals surface area contributed by atoms with Crippen molar-refractivity contribution in [2.45, 2.75) is 23.5 Å². The van der Waals surface area contributed by atoms with Crippen molar-refractivity contribution < 1.29 is 14.0 Å². The summed E-state index contributed by atoms with van der Waals surface area (Å²) in [5.74, 6) is -0.755. The lowest BCUT2D eigenvalue weighted by atomic mass is 10.2. The molecule has 4 nitrogen and oxygen atoms in total. The molecule has 1 N–H and O–H groups in total. The Morgan fingerprint density at radius 3 is 2.71 bits per heavy atom. The number of hydrogen-bond donors (Lipinski definition) is 1. The van der Waals surface area contributed by atoms with Crippen LogP contribution in [0.5, 0.6) is 0 Å². The van der Waals surface area contributed by atoms with Gasteiger partial charge in [-0.3, -0.25) is 9.59 Å². The highest BCUT2D eigenvalue weighted by atomic mass is 32.2. The number of thioether (sulfide) groups is 1. The zero-order valence-electron chi connectivity index (χ0n) is 13.2. The highest BCUT2D eigenvalue weighted by Crippen LogP contribution is 2.37. The molecule has 0 aromatic heterocycles. The quantitative estimate of drug-likeness (QED) is 0.924. The zero-order chi connectivity index (χ0) is 17.1. The van der Waals surface area contributed by atoms with E-state index in [0.717, 1.165) is 10.6 Å². The van der Waals surface area contributed by atoms with Crippen molar-refractivity contribution in [2.75, 3.05) is 16.8 Å². The van der Waals surface area contributed by atoms with Gasteiger partial charge in [0, 0.05) is 22.3 Å². The van der Waals surface area contributed by atoms with E-state index in [4.69, 9.17) is 0 Å². The predicted molar refractivity (Wildman–Crippen MR) is 93.8 cm³/mol. The van der Waals surface area contributed by atoms with Gasteiger partial charge in [-0.1, -0.05) is 19.1 Å². The van der Waals surface area contributed by atoms with Crippen molar-refractivity contribution in [3.8, 4) is 0 Å². The second-order valence-electron chi connectivity index (χ2n) is 5.64. The van der Waals surface area contributed by atoms with Gasteiger partial charge in [-0.15, -0.1) is 11.8 Å². The average molecular weight is 344 g/mol. The van der Waals surface area contributed by atoms with Crippen molar-refractivity contribution in [3.63, 3.8) is 0 Å². The fourth-order valence-corrected chi connectivity index (χ4v) is 3.69. The molecular weight excluding hydrogens is 327 g/mol. The van der Waals surface area contributed by atoms with Crippen molar-refractivity contribution in [2.24, 2.45) is 0 Å². The minimum Gasteiger partial charge on any atom is -0.325 e. The molecule has 0 fully saturated rings. The Kier molecular flexibility index (Phi) is 4.85. The first kappa shape index (κ1) is 16.5. The normalized spacial score (nSPS) is 17.2. The fraction of sp³-hybridized carbons (Fsp3) is 0.222. The first-order chi connectivity index (χ1) is 11.5. The van der Waals surface area contributed by atoms with Crippen LogP contribution in [0.1, 0.15) is 13.3 Å². The predicted octanol–water partition coefficient (Wildman–Crippen LogP) is 3.68. The molecule has 1 aliphatic heterocycles. The minimum absolute atomic E-state index is 0.0689. The van der Waals surface area contributed by atoms with E-state index >= 15 is 0 Å². The Balaban J connectivity index is 1.78. The topological polar surface area (TPSA) is 49.4 Å². The Morgan fingerprint density at radius 2 is 1.96 bits per heavy atom. The summed E-state index contributed by atoms with van der Waals surface area (Å²) < 4.78 is 12.9. The third-order valence-corrected chi connectivity index (χ3v) is 4.85. The molecule has 2 amide bonds. The largest absolute Gasteiger partial charge is 0.325 e. The maximum Gasteiger partial charge on any atom is 0.244 e. The summed E-state index contributed by atoms with van der Waals surface area (Å²) in [6, 6.07) is 13.1. The standard InChI is InChI=1S/C18H17FN2O2S/c1-12-10-18(23)21(15-4-2-3-5-16(15)24-12)11-17(22)20-14-8-6-13(19)7-9-14/h2-9,12H,10-11H2,1H3,(H,20,22)/t12-/m0/s1. The number of rotatable bonds is 3. The van der Waals surface area contributed by atoms with E-state index < -0.39 is 0 Å². The number of carbonyl (C=O) groups excluding carboxylic acids is 2. The van der Waals surface area contributed by atoms with Crippen LogP contribution >= 0.6 is 11.8 Å². The van der Waals surface area contributed by atoms with E-state index in [-0.39, 0.29) is 29.4 Å². The van der Waals surface area contributed by atoms with Gasteiger partial charge in [0.2, 0.25) is 11.8 Å². The Morgan fingerprint density at radius 1 is 1.25 bits per heavy atom. The molecule has 124 valence electrons. The molecule has 0 spiro atoms. The highest BCUT2D eigenvalue weighted by molar-refractivity contribution is 8.00. The second-order valence-corrected chi connectivity index (χ2v) is 7.12. The monoisotopic (exact) mass is 344 g/mol. The lowest BCUT2D eigenvalue weighted by molar-refractivity contribution is -0.121. The summed E-state index contributed by atoms with van der Waals surface area (Å²) in [7, 11) is 0. The molecule has 1 atom stereocenters. The van der Waals surface area contributed by atoms with Crippen LogP contribution in [0.2, 0.25) is 0 Å². The number of anilines is 2. The van der Waals surface area contributed by atoms with Crippen molar-refractivity contribution >= 4 is 35.0 Å². The molecule has 24 heavy (non-hydrogen) atoms. The molecule has 2 aromatic carbocycles. The van der Waals surface area contributed by atoms with Gasteiger partial charge in [-0.05, 0) is 36.4 Å². The third-order valence-electron chi connectivity index (χ3n) is 3.68. The molecule has 0 saturated carbocycles. The summed E-state index contributed by atoms with van der Waals surface area (Å²) in [4.78, 5) is 27.3. The molecule has 0 bridgehead atoms. The van der Waals surface area contributed by atoms with Crippen LogP contribution in [0.3, 0.4) is 0 Å². The molecule has 0 saturated heterocycles. The molecule has 0 unspecified atom stereocenters. The zero-order valence-corrected chi connectivity index (χ0v) is 14.0. The number of nitrogens with one attached hydrogen (secondary N) is 1. The van der Waals surface area contributed by atoms with E-state index in [2.05, 4.69) is 5.32 Å². The summed E-state index contributed by atoms with van der Waals surface area (Å²) in [5, 5.41) is 2.85. The van der Waals surface area contributed by atoms with Crippen LogP contribution in [0.15, 0.2) is 53.4 Å². The van der Waals surface area contributed by atoms with Crippen molar-refractivity contribution in [1.29, 1.82) is 0 Å². The number of halogens is 1. The van der Waals surface area contributed by atoms with E-state index in [9.17, 15) is 14.0 Å². The maximum absolute atomic E-state index is 12.9. The van der Waals surface area contributed by atoms with Crippen LogP contribution < -0.4 is 10.2 Å². The Labute approximate surface area is 144 Å². The van der Waals surface area contributed by atoms with Gasteiger partial charge in [-0.25, -0.2) is 4.39 Å². The van der Waals surface area contributed by atoms with Gasteiger partial charge in [0.25, 0.3) is 0 Å². The molecule has 0 aliphatic carbocycles. The SMILES string of the molecule is C[C@H]1CC(=O)N(CC(=O)Nc2ccc(F)cc2)c2ccccc2S1. The van der Waals surface area contributed by atoms with Gasteiger partial charge < -0.3 is 10.2 Å². The number of carbonyl (C=O) groups is 2. The molecule has 0 radical (unpaired) electrons. The van der Waals surface area contributed by atoms with Crippen LogP contribution in [0.4, 0.5) is 15.8 Å². The summed E-state index contributed by atoms with van der Waals surface area (Å²) in [5.41, 5.74) is 1.26. The van der Waals surface area contributed by atoms with Crippen LogP contribution in [0, 0.1) is 5.82 Å². The lowest BCUT2D eigenvalue weighted by Gasteiger charge is -2.22. The van der Waals surface area contributed by atoms with Crippen molar-refractivity contribution in [1.82, 2.24) is 0 Å². The smallest absolute Gasteiger partial charge is 0.244 e.